The summed E-state index contributed by atoms with van der Waals surface area (Å²) in [6.07, 6.45) is 2.71. The molecule has 0 fully saturated rings. The number of nitrogens with one attached hydrogen (secondary N) is 2. The maximum atomic E-state index is 12.0. The molecule has 0 amide bonds. The molecule has 0 spiro atoms. The van der Waals surface area contributed by atoms with Crippen molar-refractivity contribution in [3.8, 4) is 6.07 Å². The van der Waals surface area contributed by atoms with E-state index in [0.29, 0.717) is 5.69 Å². The number of H-pyrrole nitrogens is 1. The average molecular weight is 263 g/mol. The third-order valence-electron chi connectivity index (χ3n) is 2.16. The molecule has 1 aromatic heterocycles. The summed E-state index contributed by atoms with van der Waals surface area (Å²) in [6.45, 7) is 0. The first-order valence-corrected chi connectivity index (χ1v) is 6.32. The van der Waals surface area contributed by atoms with Crippen LogP contribution in [-0.4, -0.2) is 18.6 Å². The summed E-state index contributed by atoms with van der Waals surface area (Å²) in [5.74, 6) is 0. The average Bonchev–Trinajstić information content (AvgIpc) is 2.80. The van der Waals surface area contributed by atoms with Gasteiger partial charge in [0.1, 0.15) is 11.0 Å². The molecular weight excluding hydrogens is 254 g/mol. The summed E-state index contributed by atoms with van der Waals surface area (Å²) in [7, 11) is -3.83. The highest BCUT2D eigenvalue weighted by Gasteiger charge is 2.19. The van der Waals surface area contributed by atoms with Crippen molar-refractivity contribution in [2.75, 3.05) is 10.5 Å². The van der Waals surface area contributed by atoms with Crippen molar-refractivity contribution < 1.29 is 8.42 Å². The number of anilines is 2. The Morgan fingerprint density at radius 1 is 1.44 bits per heavy atom. The van der Waals surface area contributed by atoms with Crippen LogP contribution in [0.3, 0.4) is 0 Å². The predicted octanol–water partition coefficient (Wildman–Crippen LogP) is 0.664. The highest BCUT2D eigenvalue weighted by atomic mass is 32.2. The van der Waals surface area contributed by atoms with Crippen LogP contribution in [0.25, 0.3) is 0 Å². The first kappa shape index (κ1) is 11.9. The van der Waals surface area contributed by atoms with Gasteiger partial charge in [0, 0.05) is 11.9 Å². The summed E-state index contributed by atoms with van der Waals surface area (Å²) >= 11 is 0. The largest absolute Gasteiger partial charge is 0.399 e. The Morgan fingerprint density at radius 2 is 2.22 bits per heavy atom. The van der Waals surface area contributed by atoms with Crippen LogP contribution in [0.1, 0.15) is 5.56 Å². The monoisotopic (exact) mass is 263 g/mol. The zero-order valence-corrected chi connectivity index (χ0v) is 9.90. The summed E-state index contributed by atoms with van der Waals surface area (Å²) in [5, 5.41) is 15.0. The molecule has 7 nitrogen and oxygen atoms in total. The Kier molecular flexibility index (Phi) is 2.91. The molecule has 1 heterocycles. The van der Waals surface area contributed by atoms with Crippen LogP contribution in [0, 0.1) is 11.3 Å². The zero-order chi connectivity index (χ0) is 13.2. The number of aromatic nitrogens is 2. The lowest BCUT2D eigenvalue weighted by molar-refractivity contribution is 0.601. The highest BCUT2D eigenvalue weighted by Crippen LogP contribution is 2.20. The van der Waals surface area contributed by atoms with Gasteiger partial charge in [-0.3, -0.25) is 9.82 Å². The fourth-order valence-electron chi connectivity index (χ4n) is 1.39. The fourth-order valence-corrected chi connectivity index (χ4v) is 2.56. The van der Waals surface area contributed by atoms with Crippen LogP contribution in [0.15, 0.2) is 35.5 Å². The van der Waals surface area contributed by atoms with E-state index >= 15 is 0 Å². The van der Waals surface area contributed by atoms with Gasteiger partial charge in [0.15, 0.2) is 0 Å². The summed E-state index contributed by atoms with van der Waals surface area (Å²) < 4.78 is 26.4. The third-order valence-corrected chi connectivity index (χ3v) is 3.60. The van der Waals surface area contributed by atoms with Crippen LogP contribution in [0.5, 0.6) is 0 Å². The molecule has 92 valence electrons. The molecule has 0 unspecified atom stereocenters. The van der Waals surface area contributed by atoms with Crippen molar-refractivity contribution in [3.63, 3.8) is 0 Å². The van der Waals surface area contributed by atoms with Crippen LogP contribution >= 0.6 is 0 Å². The number of benzene rings is 1. The predicted molar refractivity (Wildman–Crippen MR) is 65.0 cm³/mol. The Balaban J connectivity index is 2.45. The van der Waals surface area contributed by atoms with Gasteiger partial charge in [0.2, 0.25) is 0 Å². The molecule has 18 heavy (non-hydrogen) atoms. The number of rotatable bonds is 3. The SMILES string of the molecule is N#Cc1cc(N)ccc1S(=O)(=O)Nc1cn[nH]c1. The van der Waals surface area contributed by atoms with E-state index in [0.717, 1.165) is 0 Å². The zero-order valence-electron chi connectivity index (χ0n) is 9.08. The number of nitrogens with two attached hydrogens (primary N) is 1. The highest BCUT2D eigenvalue weighted by molar-refractivity contribution is 7.92. The topological polar surface area (TPSA) is 125 Å². The molecule has 0 aliphatic heterocycles. The molecule has 0 atom stereocenters. The van der Waals surface area contributed by atoms with Gasteiger partial charge in [-0.25, -0.2) is 8.42 Å². The smallest absolute Gasteiger partial charge is 0.263 e. The Hall–Kier alpha value is -2.53. The standard InChI is InChI=1S/C10H9N5O2S/c11-4-7-3-8(12)1-2-10(7)18(16,17)15-9-5-13-14-6-9/h1-3,5-6,15H,12H2,(H,13,14). The van der Waals surface area contributed by atoms with E-state index in [-0.39, 0.29) is 16.1 Å². The van der Waals surface area contributed by atoms with Crippen LogP contribution in [0.4, 0.5) is 11.4 Å². The number of hydrogen-bond acceptors (Lipinski definition) is 5. The van der Waals surface area contributed by atoms with E-state index in [2.05, 4.69) is 14.9 Å². The van der Waals surface area contributed by atoms with Gasteiger partial charge in [-0.2, -0.15) is 10.4 Å². The number of nitrogen functional groups attached to an aromatic ring is 1. The molecule has 8 heteroatoms. The first-order valence-electron chi connectivity index (χ1n) is 4.84. The van der Waals surface area contributed by atoms with Crippen LogP contribution in [-0.2, 0) is 10.0 Å². The number of hydrogen-bond donors (Lipinski definition) is 3. The van der Waals surface area contributed by atoms with Gasteiger partial charge in [-0.15, -0.1) is 0 Å². The molecule has 0 aliphatic rings. The second-order valence-electron chi connectivity index (χ2n) is 3.46. The van der Waals surface area contributed by atoms with Gasteiger partial charge in [-0.1, -0.05) is 0 Å². The van der Waals surface area contributed by atoms with Crippen molar-refractivity contribution in [1.29, 1.82) is 5.26 Å². The van der Waals surface area contributed by atoms with E-state index in [1.165, 1.54) is 30.6 Å². The number of sulfonamides is 1. The van der Waals surface area contributed by atoms with Crippen molar-refractivity contribution >= 4 is 21.4 Å². The quantitative estimate of drug-likeness (QED) is 0.702. The van der Waals surface area contributed by atoms with Gasteiger partial charge < -0.3 is 5.73 Å². The maximum absolute atomic E-state index is 12.0. The number of nitriles is 1. The van der Waals surface area contributed by atoms with Crippen molar-refractivity contribution in [2.45, 2.75) is 4.90 Å². The molecule has 1 aromatic carbocycles. The lowest BCUT2D eigenvalue weighted by Crippen LogP contribution is -2.14. The summed E-state index contributed by atoms with van der Waals surface area (Å²) in [6, 6.07) is 5.82. The normalized spacial score (nSPS) is 10.8. The molecule has 0 saturated heterocycles. The molecule has 2 rings (SSSR count). The van der Waals surface area contributed by atoms with E-state index < -0.39 is 10.0 Å². The Morgan fingerprint density at radius 3 is 2.83 bits per heavy atom. The second kappa shape index (κ2) is 4.38. The molecule has 0 bridgehead atoms. The maximum Gasteiger partial charge on any atom is 0.263 e. The summed E-state index contributed by atoms with van der Waals surface area (Å²) in [5.41, 5.74) is 6.11. The van der Waals surface area contributed by atoms with E-state index in [1.807, 2.05) is 0 Å². The fraction of sp³-hybridized carbons (Fsp3) is 0. The van der Waals surface area contributed by atoms with Crippen molar-refractivity contribution in [1.82, 2.24) is 10.2 Å². The third kappa shape index (κ3) is 2.26. The number of nitrogens with zero attached hydrogens (tertiary/aromatic N) is 2. The lowest BCUT2D eigenvalue weighted by Gasteiger charge is -2.07. The molecule has 0 saturated carbocycles. The number of aromatic amines is 1. The van der Waals surface area contributed by atoms with Gasteiger partial charge in [-0.05, 0) is 18.2 Å². The van der Waals surface area contributed by atoms with Crippen LogP contribution in [0.2, 0.25) is 0 Å². The van der Waals surface area contributed by atoms with E-state index in [1.54, 1.807) is 6.07 Å². The first-order chi connectivity index (χ1) is 8.53. The van der Waals surface area contributed by atoms with Gasteiger partial charge in [0.25, 0.3) is 10.0 Å². The Labute approximate surface area is 103 Å². The molecular formula is C10H9N5O2S. The van der Waals surface area contributed by atoms with Crippen molar-refractivity contribution in [2.24, 2.45) is 0 Å². The molecule has 2 aromatic rings. The minimum Gasteiger partial charge on any atom is -0.399 e. The second-order valence-corrected chi connectivity index (χ2v) is 5.11. The minimum absolute atomic E-state index is 0.00834. The summed E-state index contributed by atoms with van der Waals surface area (Å²) in [4.78, 5) is -0.125. The van der Waals surface area contributed by atoms with E-state index in [9.17, 15) is 8.42 Å². The molecule has 0 aliphatic carbocycles. The minimum atomic E-state index is -3.83. The van der Waals surface area contributed by atoms with Crippen molar-refractivity contribution in [3.05, 3.63) is 36.2 Å². The van der Waals surface area contributed by atoms with E-state index in [4.69, 9.17) is 11.0 Å². The lowest BCUT2D eigenvalue weighted by atomic mass is 10.2. The molecule has 4 N–H and O–H groups in total. The molecule has 0 radical (unpaired) electrons. The Bertz CT molecular complexity index is 700. The van der Waals surface area contributed by atoms with Gasteiger partial charge in [0.05, 0.1) is 17.4 Å². The van der Waals surface area contributed by atoms with Crippen LogP contribution < -0.4 is 10.5 Å². The van der Waals surface area contributed by atoms with Gasteiger partial charge >= 0.3 is 0 Å².